The molecule has 0 aliphatic heterocycles. The van der Waals surface area contributed by atoms with E-state index in [0.29, 0.717) is 11.1 Å². The van der Waals surface area contributed by atoms with Gasteiger partial charge in [0.15, 0.2) is 0 Å². The second-order valence-corrected chi connectivity index (χ2v) is 3.85. The molecule has 0 bridgehead atoms. The smallest absolute Gasteiger partial charge is 0.320 e. The van der Waals surface area contributed by atoms with Crippen LogP contribution in [0.3, 0.4) is 0 Å². The lowest BCUT2D eigenvalue weighted by atomic mass is 10.0. The molecule has 0 spiro atoms. The summed E-state index contributed by atoms with van der Waals surface area (Å²) in [6.07, 6.45) is 0.139. The third kappa shape index (κ3) is 2.88. The van der Waals surface area contributed by atoms with E-state index in [4.69, 9.17) is 10.8 Å². The van der Waals surface area contributed by atoms with Crippen LogP contribution in [0.5, 0.6) is 0 Å². The zero-order valence-corrected chi connectivity index (χ0v) is 10.2. The first-order valence-corrected chi connectivity index (χ1v) is 5.17. The van der Waals surface area contributed by atoms with Gasteiger partial charge < -0.3 is 15.8 Å². The molecular weight excluding hydrogens is 256 g/mol. The summed E-state index contributed by atoms with van der Waals surface area (Å²) in [5, 5.41) is 9.60. The van der Waals surface area contributed by atoms with Gasteiger partial charge >= 0.3 is 5.97 Å². The Bertz CT molecular complexity index is 624. The van der Waals surface area contributed by atoms with Crippen LogP contribution in [-0.4, -0.2) is 22.1 Å². The fourth-order valence-electron chi connectivity index (χ4n) is 1.77. The first kappa shape index (κ1) is 14.2. The number of carboxylic acid groups (broad SMARTS) is 1. The van der Waals surface area contributed by atoms with Crippen LogP contribution in [0.1, 0.15) is 5.56 Å². The number of fused-ring (bicyclic) bond motifs is 1. The van der Waals surface area contributed by atoms with Crippen molar-refractivity contribution in [2.24, 2.45) is 5.73 Å². The number of benzene rings is 1. The first-order chi connectivity index (χ1) is 8.08. The van der Waals surface area contributed by atoms with Gasteiger partial charge in [-0.25, -0.2) is 0 Å². The third-order valence-electron chi connectivity index (χ3n) is 2.59. The minimum absolute atomic E-state index is 0. The van der Waals surface area contributed by atoms with Crippen molar-refractivity contribution in [1.82, 2.24) is 4.98 Å². The van der Waals surface area contributed by atoms with Crippen molar-refractivity contribution in [3.05, 3.63) is 46.2 Å². The Morgan fingerprint density at radius 3 is 2.72 bits per heavy atom. The van der Waals surface area contributed by atoms with Crippen LogP contribution in [-0.2, 0) is 11.2 Å². The molecule has 0 amide bonds. The summed E-state index contributed by atoms with van der Waals surface area (Å²) in [4.78, 5) is 24.8. The largest absolute Gasteiger partial charge is 0.480 e. The molecule has 2 rings (SSSR count). The maximum absolute atomic E-state index is 11.4. The van der Waals surface area contributed by atoms with Crippen LogP contribution >= 0.6 is 12.4 Å². The average molecular weight is 269 g/mol. The molecule has 0 saturated heterocycles. The number of pyridine rings is 1. The van der Waals surface area contributed by atoms with Gasteiger partial charge in [0.05, 0.1) is 0 Å². The second kappa shape index (κ2) is 5.66. The van der Waals surface area contributed by atoms with Crippen LogP contribution < -0.4 is 11.3 Å². The molecular formula is C12H13ClN2O3. The molecule has 0 radical (unpaired) electrons. The SMILES string of the molecule is Cl.NC(Cc1cc(=O)[nH]c2ccccc12)C(=O)O. The third-order valence-corrected chi connectivity index (χ3v) is 2.59. The van der Waals surface area contributed by atoms with Gasteiger partial charge in [-0.2, -0.15) is 0 Å². The molecule has 1 unspecified atom stereocenters. The number of nitrogens with two attached hydrogens (primary N) is 1. The van der Waals surface area contributed by atoms with E-state index in [1.807, 2.05) is 12.1 Å². The molecule has 4 N–H and O–H groups in total. The average Bonchev–Trinajstić information content (AvgIpc) is 2.28. The van der Waals surface area contributed by atoms with E-state index in [2.05, 4.69) is 4.98 Å². The maximum Gasteiger partial charge on any atom is 0.320 e. The monoisotopic (exact) mass is 268 g/mol. The van der Waals surface area contributed by atoms with E-state index >= 15 is 0 Å². The molecule has 0 fully saturated rings. The van der Waals surface area contributed by atoms with Crippen LogP contribution in [0.25, 0.3) is 10.9 Å². The lowest BCUT2D eigenvalue weighted by Crippen LogP contribution is -2.32. The van der Waals surface area contributed by atoms with Crippen molar-refractivity contribution in [2.45, 2.75) is 12.5 Å². The van der Waals surface area contributed by atoms with Crippen molar-refractivity contribution < 1.29 is 9.90 Å². The van der Waals surface area contributed by atoms with Crippen LogP contribution in [0.2, 0.25) is 0 Å². The highest BCUT2D eigenvalue weighted by atomic mass is 35.5. The van der Waals surface area contributed by atoms with Gasteiger partial charge in [-0.1, -0.05) is 18.2 Å². The number of halogens is 1. The number of hydrogen-bond acceptors (Lipinski definition) is 3. The summed E-state index contributed by atoms with van der Waals surface area (Å²) >= 11 is 0. The van der Waals surface area contributed by atoms with Crippen LogP contribution in [0, 0.1) is 0 Å². The molecule has 1 heterocycles. The number of rotatable bonds is 3. The van der Waals surface area contributed by atoms with E-state index in [9.17, 15) is 9.59 Å². The zero-order chi connectivity index (χ0) is 12.4. The number of nitrogens with one attached hydrogen (secondary N) is 1. The van der Waals surface area contributed by atoms with Crippen molar-refractivity contribution in [3.8, 4) is 0 Å². The van der Waals surface area contributed by atoms with E-state index in [1.54, 1.807) is 12.1 Å². The van der Waals surface area contributed by atoms with Gasteiger partial charge in [0.1, 0.15) is 6.04 Å². The van der Waals surface area contributed by atoms with Gasteiger partial charge in [-0.05, 0) is 18.1 Å². The molecule has 96 valence electrons. The lowest BCUT2D eigenvalue weighted by Gasteiger charge is -2.09. The molecule has 6 heteroatoms. The highest BCUT2D eigenvalue weighted by molar-refractivity contribution is 5.85. The summed E-state index contributed by atoms with van der Waals surface area (Å²) in [5.41, 5.74) is 6.56. The maximum atomic E-state index is 11.4. The number of hydrogen-bond donors (Lipinski definition) is 3. The minimum atomic E-state index is -1.07. The van der Waals surface area contributed by atoms with Crippen molar-refractivity contribution in [2.75, 3.05) is 0 Å². The summed E-state index contributed by atoms with van der Waals surface area (Å²) in [5.74, 6) is -1.07. The van der Waals surface area contributed by atoms with E-state index < -0.39 is 12.0 Å². The molecule has 18 heavy (non-hydrogen) atoms. The number of H-pyrrole nitrogens is 1. The number of para-hydroxylation sites is 1. The first-order valence-electron chi connectivity index (χ1n) is 5.17. The highest BCUT2D eigenvalue weighted by Crippen LogP contribution is 2.15. The van der Waals surface area contributed by atoms with Crippen LogP contribution in [0.4, 0.5) is 0 Å². The predicted molar refractivity (Wildman–Crippen MR) is 71.1 cm³/mol. The lowest BCUT2D eigenvalue weighted by molar-refractivity contribution is -0.138. The Morgan fingerprint density at radius 1 is 1.39 bits per heavy atom. The number of aliphatic carboxylic acids is 1. The minimum Gasteiger partial charge on any atom is -0.480 e. The highest BCUT2D eigenvalue weighted by Gasteiger charge is 2.14. The molecule has 0 aliphatic carbocycles. The molecule has 1 atom stereocenters. The summed E-state index contributed by atoms with van der Waals surface area (Å²) in [6.45, 7) is 0. The van der Waals surface area contributed by atoms with E-state index in [1.165, 1.54) is 6.07 Å². The predicted octanol–water partition coefficient (Wildman–Crippen LogP) is 0.904. The van der Waals surface area contributed by atoms with Gasteiger partial charge in [0.2, 0.25) is 5.56 Å². The topological polar surface area (TPSA) is 96.2 Å². The molecule has 1 aromatic heterocycles. The number of aromatic nitrogens is 1. The molecule has 1 aromatic carbocycles. The van der Waals surface area contributed by atoms with Crippen molar-refractivity contribution in [1.29, 1.82) is 0 Å². The molecule has 2 aromatic rings. The zero-order valence-electron chi connectivity index (χ0n) is 9.42. The van der Waals surface area contributed by atoms with Gasteiger partial charge in [0, 0.05) is 17.0 Å². The fraction of sp³-hybridized carbons (Fsp3) is 0.167. The number of carboxylic acids is 1. The summed E-state index contributed by atoms with van der Waals surface area (Å²) in [7, 11) is 0. The van der Waals surface area contributed by atoms with Crippen molar-refractivity contribution >= 4 is 29.3 Å². The van der Waals surface area contributed by atoms with Gasteiger partial charge in [-0.3, -0.25) is 9.59 Å². The van der Waals surface area contributed by atoms with Crippen molar-refractivity contribution in [3.63, 3.8) is 0 Å². The van der Waals surface area contributed by atoms with E-state index in [0.717, 1.165) is 5.39 Å². The Labute approximate surface area is 109 Å². The summed E-state index contributed by atoms with van der Waals surface area (Å²) in [6, 6.07) is 7.63. The molecule has 0 saturated carbocycles. The van der Waals surface area contributed by atoms with Gasteiger partial charge in [0.25, 0.3) is 0 Å². The second-order valence-electron chi connectivity index (χ2n) is 3.85. The molecule has 5 nitrogen and oxygen atoms in total. The standard InChI is InChI=1S/C12H12N2O3.ClH/c13-9(12(16)17)5-7-6-11(15)14-10-4-2-1-3-8(7)10;/h1-4,6,9H,5,13H2,(H,14,15)(H,16,17);1H. The number of aromatic amines is 1. The Balaban J connectivity index is 0.00000162. The Morgan fingerprint density at radius 2 is 2.06 bits per heavy atom. The van der Waals surface area contributed by atoms with Gasteiger partial charge in [-0.15, -0.1) is 12.4 Å². The number of carbonyl (C=O) groups is 1. The van der Waals surface area contributed by atoms with Crippen LogP contribution in [0.15, 0.2) is 35.1 Å². The normalized spacial score (nSPS) is 11.8. The molecule has 0 aliphatic rings. The fourth-order valence-corrected chi connectivity index (χ4v) is 1.77. The Hall–Kier alpha value is -1.85. The summed E-state index contributed by atoms with van der Waals surface area (Å²) < 4.78 is 0. The van der Waals surface area contributed by atoms with E-state index in [-0.39, 0.29) is 24.4 Å². The Kier molecular flexibility index (Phi) is 4.47. The quantitative estimate of drug-likeness (QED) is 0.771.